The van der Waals surface area contributed by atoms with Crippen molar-refractivity contribution in [1.29, 1.82) is 0 Å². The Kier molecular flexibility index (Phi) is 3.40. The number of hydrogen-bond acceptors (Lipinski definition) is 4. The molecule has 1 aromatic heterocycles. The van der Waals surface area contributed by atoms with Crippen LogP contribution in [0.3, 0.4) is 0 Å². The first-order chi connectivity index (χ1) is 6.50. The number of anilines is 2. The molecule has 1 heterocycles. The van der Waals surface area contributed by atoms with E-state index in [1.165, 1.54) is 18.1 Å². The van der Waals surface area contributed by atoms with E-state index in [1.807, 2.05) is 0 Å². The third-order valence-corrected chi connectivity index (χ3v) is 1.78. The van der Waals surface area contributed by atoms with Crippen LogP contribution in [0.1, 0.15) is 0 Å². The van der Waals surface area contributed by atoms with Gasteiger partial charge in [0.1, 0.15) is 5.02 Å². The predicted octanol–water partition coefficient (Wildman–Crippen LogP) is 1.41. The summed E-state index contributed by atoms with van der Waals surface area (Å²) in [5.74, 6) is 0.213. The summed E-state index contributed by atoms with van der Waals surface area (Å²) >= 11 is 5.71. The maximum Gasteiger partial charge on any atom is 0.255 e. The first-order valence-corrected chi connectivity index (χ1v) is 4.16. The molecule has 0 aromatic carbocycles. The zero-order valence-corrected chi connectivity index (χ0v) is 8.17. The highest BCUT2D eigenvalue weighted by Gasteiger charge is 2.13. The molecular formula is C7H9ClF2N4. The number of rotatable bonds is 3. The number of nitrogens with two attached hydrogens (primary N) is 1. The molecule has 0 amide bonds. The molecule has 14 heavy (non-hydrogen) atoms. The fourth-order valence-electron chi connectivity index (χ4n) is 0.932. The van der Waals surface area contributed by atoms with Crippen LogP contribution in [-0.4, -0.2) is 30.0 Å². The average molecular weight is 223 g/mol. The molecule has 1 aromatic rings. The van der Waals surface area contributed by atoms with Crippen molar-refractivity contribution >= 4 is 23.4 Å². The Balaban J connectivity index is 2.88. The number of alkyl halides is 2. The van der Waals surface area contributed by atoms with Crippen LogP contribution >= 0.6 is 11.6 Å². The molecule has 0 aliphatic heterocycles. The third kappa shape index (κ3) is 2.66. The van der Waals surface area contributed by atoms with Crippen LogP contribution in [0.25, 0.3) is 0 Å². The van der Waals surface area contributed by atoms with Crippen molar-refractivity contribution in [3.05, 3.63) is 11.2 Å². The van der Waals surface area contributed by atoms with E-state index in [9.17, 15) is 8.78 Å². The van der Waals surface area contributed by atoms with Gasteiger partial charge in [0.05, 0.1) is 12.7 Å². The van der Waals surface area contributed by atoms with E-state index < -0.39 is 13.0 Å². The van der Waals surface area contributed by atoms with Gasteiger partial charge >= 0.3 is 0 Å². The van der Waals surface area contributed by atoms with Crippen molar-refractivity contribution in [2.24, 2.45) is 0 Å². The van der Waals surface area contributed by atoms with Crippen molar-refractivity contribution in [3.63, 3.8) is 0 Å². The van der Waals surface area contributed by atoms with Gasteiger partial charge in [-0.2, -0.15) is 4.98 Å². The molecule has 0 fully saturated rings. The van der Waals surface area contributed by atoms with Crippen LogP contribution in [0, 0.1) is 0 Å². The van der Waals surface area contributed by atoms with Crippen LogP contribution in [0.15, 0.2) is 6.20 Å². The molecule has 0 radical (unpaired) electrons. The molecule has 7 heteroatoms. The standard InChI is InChI=1S/C7H9ClF2N4/c1-14(3-5(9)10)6-4(8)2-12-7(11)13-6/h2,5H,3H2,1H3,(H2,11,12,13). The summed E-state index contributed by atoms with van der Waals surface area (Å²) in [5.41, 5.74) is 5.30. The largest absolute Gasteiger partial charge is 0.368 e. The molecule has 1 rings (SSSR count). The van der Waals surface area contributed by atoms with Crippen molar-refractivity contribution < 1.29 is 8.78 Å². The quantitative estimate of drug-likeness (QED) is 0.840. The first kappa shape index (κ1) is 10.9. The molecule has 0 atom stereocenters. The van der Waals surface area contributed by atoms with Crippen LogP contribution < -0.4 is 10.6 Å². The monoisotopic (exact) mass is 222 g/mol. The Hall–Kier alpha value is -1.17. The predicted molar refractivity (Wildman–Crippen MR) is 50.7 cm³/mol. The van der Waals surface area contributed by atoms with Crippen LogP contribution in [0.2, 0.25) is 5.02 Å². The summed E-state index contributed by atoms with van der Waals surface area (Å²) in [4.78, 5) is 8.60. The molecule has 78 valence electrons. The second-order valence-corrected chi connectivity index (χ2v) is 3.08. The highest BCUT2D eigenvalue weighted by Crippen LogP contribution is 2.22. The second kappa shape index (κ2) is 4.36. The minimum absolute atomic E-state index is 0.00511. The van der Waals surface area contributed by atoms with Crippen molar-refractivity contribution in [1.82, 2.24) is 9.97 Å². The van der Waals surface area contributed by atoms with Gasteiger partial charge in [0.2, 0.25) is 5.95 Å². The van der Waals surface area contributed by atoms with E-state index >= 15 is 0 Å². The van der Waals surface area contributed by atoms with Gasteiger partial charge < -0.3 is 10.6 Å². The lowest BCUT2D eigenvalue weighted by atomic mass is 10.5. The summed E-state index contributed by atoms with van der Waals surface area (Å²) in [7, 11) is 1.46. The van der Waals surface area contributed by atoms with Crippen molar-refractivity contribution in [2.75, 3.05) is 24.2 Å². The molecule has 0 saturated carbocycles. The normalized spacial score (nSPS) is 10.6. The number of hydrogen-bond donors (Lipinski definition) is 1. The lowest BCUT2D eigenvalue weighted by Gasteiger charge is -2.18. The lowest BCUT2D eigenvalue weighted by molar-refractivity contribution is 0.156. The van der Waals surface area contributed by atoms with Gasteiger partial charge in [0, 0.05) is 7.05 Å². The average Bonchev–Trinajstić information content (AvgIpc) is 2.08. The molecule has 0 saturated heterocycles. The molecule has 0 aliphatic carbocycles. The fraction of sp³-hybridized carbons (Fsp3) is 0.429. The Morgan fingerprint density at radius 3 is 2.86 bits per heavy atom. The molecule has 2 N–H and O–H groups in total. The minimum Gasteiger partial charge on any atom is -0.368 e. The third-order valence-electron chi connectivity index (χ3n) is 1.52. The Bertz CT molecular complexity index is 321. The van der Waals surface area contributed by atoms with Gasteiger partial charge in [-0.25, -0.2) is 13.8 Å². The summed E-state index contributed by atoms with van der Waals surface area (Å²) < 4.78 is 24.1. The van der Waals surface area contributed by atoms with E-state index in [1.54, 1.807) is 0 Å². The number of aromatic nitrogens is 2. The molecule has 0 aliphatic rings. The van der Waals surface area contributed by atoms with Gasteiger partial charge in [0.15, 0.2) is 5.82 Å². The summed E-state index contributed by atoms with van der Waals surface area (Å²) in [6, 6.07) is 0. The van der Waals surface area contributed by atoms with E-state index in [0.717, 1.165) is 0 Å². The van der Waals surface area contributed by atoms with Gasteiger partial charge in [0.25, 0.3) is 6.43 Å². The van der Waals surface area contributed by atoms with Crippen LogP contribution in [-0.2, 0) is 0 Å². The highest BCUT2D eigenvalue weighted by molar-refractivity contribution is 6.32. The summed E-state index contributed by atoms with van der Waals surface area (Å²) in [6.07, 6.45) is -1.17. The topological polar surface area (TPSA) is 55.0 Å². The van der Waals surface area contributed by atoms with Gasteiger partial charge in [-0.05, 0) is 0 Å². The minimum atomic E-state index is -2.45. The van der Waals surface area contributed by atoms with E-state index in [2.05, 4.69) is 9.97 Å². The Labute approximate surface area is 84.7 Å². The first-order valence-electron chi connectivity index (χ1n) is 3.78. The van der Waals surface area contributed by atoms with E-state index in [-0.39, 0.29) is 16.8 Å². The van der Waals surface area contributed by atoms with Crippen LogP contribution in [0.4, 0.5) is 20.5 Å². The van der Waals surface area contributed by atoms with Crippen molar-refractivity contribution in [2.45, 2.75) is 6.43 Å². The van der Waals surface area contributed by atoms with Gasteiger partial charge in [-0.3, -0.25) is 0 Å². The molecule has 0 bridgehead atoms. The molecule has 0 spiro atoms. The second-order valence-electron chi connectivity index (χ2n) is 2.67. The van der Waals surface area contributed by atoms with Gasteiger partial charge in [-0.1, -0.05) is 11.6 Å². The lowest BCUT2D eigenvalue weighted by Crippen LogP contribution is -2.25. The summed E-state index contributed by atoms with van der Waals surface area (Å²) in [6.45, 7) is -0.448. The molecule has 4 nitrogen and oxygen atoms in total. The summed E-state index contributed by atoms with van der Waals surface area (Å²) in [5, 5.41) is 0.197. The number of nitrogen functional groups attached to an aromatic ring is 1. The van der Waals surface area contributed by atoms with Crippen molar-refractivity contribution in [3.8, 4) is 0 Å². The Morgan fingerprint density at radius 1 is 1.64 bits per heavy atom. The molecule has 0 unspecified atom stereocenters. The zero-order valence-electron chi connectivity index (χ0n) is 7.41. The Morgan fingerprint density at radius 2 is 2.29 bits per heavy atom. The maximum absolute atomic E-state index is 12.0. The smallest absolute Gasteiger partial charge is 0.255 e. The fourth-order valence-corrected chi connectivity index (χ4v) is 1.17. The SMILES string of the molecule is CN(CC(F)F)c1nc(N)ncc1Cl. The van der Waals surface area contributed by atoms with E-state index in [0.29, 0.717) is 0 Å². The number of halogens is 3. The van der Waals surface area contributed by atoms with Crippen LogP contribution in [0.5, 0.6) is 0 Å². The molecular weight excluding hydrogens is 214 g/mol. The number of nitrogens with zero attached hydrogens (tertiary/aromatic N) is 3. The zero-order chi connectivity index (χ0) is 10.7. The maximum atomic E-state index is 12.0. The highest BCUT2D eigenvalue weighted by atomic mass is 35.5. The van der Waals surface area contributed by atoms with E-state index in [4.69, 9.17) is 17.3 Å². The van der Waals surface area contributed by atoms with Gasteiger partial charge in [-0.15, -0.1) is 0 Å².